The van der Waals surface area contributed by atoms with Gasteiger partial charge in [0.2, 0.25) is 5.13 Å². The number of aromatic nitrogens is 2. The topological polar surface area (TPSA) is 40.7 Å². The summed E-state index contributed by atoms with van der Waals surface area (Å²) in [5.74, 6) is 0. The fourth-order valence-electron chi connectivity index (χ4n) is 1.30. The lowest BCUT2D eigenvalue weighted by Crippen LogP contribution is -2.07. The van der Waals surface area contributed by atoms with Gasteiger partial charge in [-0.25, -0.2) is 0 Å². The zero-order valence-corrected chi connectivity index (χ0v) is 10.6. The van der Waals surface area contributed by atoms with E-state index < -0.39 is 0 Å². The van der Waals surface area contributed by atoms with Crippen LogP contribution in [-0.4, -0.2) is 10.2 Å². The van der Waals surface area contributed by atoms with Crippen LogP contribution < -0.4 is 5.32 Å². The Kier molecular flexibility index (Phi) is 3.50. The van der Waals surface area contributed by atoms with E-state index in [4.69, 9.17) is 12.2 Å². The maximum atomic E-state index is 4.99. The highest BCUT2D eigenvalue weighted by molar-refractivity contribution is 7.73. The van der Waals surface area contributed by atoms with Gasteiger partial charge in [0.05, 0.1) is 6.04 Å². The molecule has 2 heterocycles. The summed E-state index contributed by atoms with van der Waals surface area (Å²) in [6.45, 7) is 2.16. The molecule has 6 heteroatoms. The normalized spacial score (nSPS) is 12.6. The van der Waals surface area contributed by atoms with Crippen LogP contribution in [0.3, 0.4) is 0 Å². The van der Waals surface area contributed by atoms with Gasteiger partial charge in [-0.3, -0.25) is 5.10 Å². The quantitative estimate of drug-likeness (QED) is 0.818. The van der Waals surface area contributed by atoms with E-state index in [1.165, 1.54) is 16.2 Å². The third-order valence-corrected chi connectivity index (χ3v) is 4.04. The number of nitrogens with zero attached hydrogens (tertiary/aromatic N) is 1. The van der Waals surface area contributed by atoms with Crippen molar-refractivity contribution >= 4 is 40.0 Å². The van der Waals surface area contributed by atoms with E-state index in [1.54, 1.807) is 11.3 Å². The number of thiophene rings is 1. The molecule has 0 aliphatic heterocycles. The molecule has 0 fully saturated rings. The van der Waals surface area contributed by atoms with Crippen LogP contribution in [-0.2, 0) is 0 Å². The molecule has 0 amide bonds. The third kappa shape index (κ3) is 2.64. The van der Waals surface area contributed by atoms with Crippen molar-refractivity contribution < 1.29 is 0 Å². The number of anilines is 1. The number of hydrogen-bond donors (Lipinski definition) is 2. The van der Waals surface area contributed by atoms with Gasteiger partial charge in [0, 0.05) is 4.88 Å². The van der Waals surface area contributed by atoms with E-state index >= 15 is 0 Å². The zero-order valence-electron chi connectivity index (χ0n) is 8.19. The third-order valence-electron chi connectivity index (χ3n) is 2.03. The predicted octanol–water partition coefficient (Wildman–Crippen LogP) is 3.83. The summed E-state index contributed by atoms with van der Waals surface area (Å²) < 4.78 is 0.707. The Morgan fingerprint density at radius 2 is 2.53 bits per heavy atom. The molecule has 0 radical (unpaired) electrons. The summed E-state index contributed by atoms with van der Waals surface area (Å²) in [5.41, 5.74) is 0. The zero-order chi connectivity index (χ0) is 10.7. The van der Waals surface area contributed by atoms with Gasteiger partial charge < -0.3 is 5.32 Å². The van der Waals surface area contributed by atoms with Crippen LogP contribution >= 0.6 is 34.9 Å². The van der Waals surface area contributed by atoms with Gasteiger partial charge >= 0.3 is 0 Å². The lowest BCUT2D eigenvalue weighted by atomic mass is 10.2. The minimum Gasteiger partial charge on any atom is -0.353 e. The Hall–Kier alpha value is -0.720. The van der Waals surface area contributed by atoms with Crippen molar-refractivity contribution in [3.8, 4) is 0 Å². The predicted molar refractivity (Wildman–Crippen MR) is 68.3 cm³/mol. The summed E-state index contributed by atoms with van der Waals surface area (Å²) in [6, 6.07) is 4.54. The second-order valence-corrected chi connectivity index (χ2v) is 5.68. The van der Waals surface area contributed by atoms with E-state index in [9.17, 15) is 0 Å². The molecular weight excluding hydrogens is 246 g/mol. The number of hydrogen-bond acceptors (Lipinski definition) is 5. The number of aromatic amines is 1. The van der Waals surface area contributed by atoms with Gasteiger partial charge in [-0.05, 0) is 30.1 Å². The van der Waals surface area contributed by atoms with Crippen LogP contribution in [0.4, 0.5) is 5.13 Å². The molecule has 0 aromatic carbocycles. The molecular formula is C9H11N3S3. The molecule has 15 heavy (non-hydrogen) atoms. The Morgan fingerprint density at radius 3 is 3.07 bits per heavy atom. The molecule has 0 saturated heterocycles. The molecule has 80 valence electrons. The molecule has 1 atom stereocenters. The fraction of sp³-hybridized carbons (Fsp3) is 0.333. The van der Waals surface area contributed by atoms with Crippen LogP contribution in [0.25, 0.3) is 0 Å². The highest BCUT2D eigenvalue weighted by atomic mass is 32.1. The van der Waals surface area contributed by atoms with Crippen LogP contribution in [0.5, 0.6) is 0 Å². The van der Waals surface area contributed by atoms with E-state index in [0.29, 0.717) is 10.00 Å². The van der Waals surface area contributed by atoms with Gasteiger partial charge in [-0.15, -0.1) is 16.4 Å². The Balaban J connectivity index is 2.12. The average Bonchev–Trinajstić information content (AvgIpc) is 2.85. The molecule has 0 spiro atoms. The van der Waals surface area contributed by atoms with Gasteiger partial charge in [0.1, 0.15) is 0 Å². The van der Waals surface area contributed by atoms with Gasteiger partial charge in [0.15, 0.2) is 3.95 Å². The van der Waals surface area contributed by atoms with E-state index in [1.807, 2.05) is 0 Å². The highest BCUT2D eigenvalue weighted by Gasteiger charge is 2.11. The summed E-state index contributed by atoms with van der Waals surface area (Å²) in [7, 11) is 0. The fourth-order valence-corrected chi connectivity index (χ4v) is 3.01. The Bertz CT molecular complexity index is 457. The standard InChI is InChI=1S/C9H11N3S3/c1-2-6(7-4-3-5-14-7)10-8-11-12-9(13)15-8/h3-6H,2H2,1H3,(H,10,11)(H,12,13). The molecule has 0 bridgehead atoms. The second-order valence-electron chi connectivity index (χ2n) is 3.04. The average molecular weight is 257 g/mol. The first-order valence-corrected chi connectivity index (χ1v) is 6.75. The maximum absolute atomic E-state index is 4.99. The van der Waals surface area contributed by atoms with Crippen LogP contribution in [0.15, 0.2) is 17.5 Å². The molecule has 2 aromatic heterocycles. The van der Waals surface area contributed by atoms with Crippen molar-refractivity contribution in [2.75, 3.05) is 5.32 Å². The van der Waals surface area contributed by atoms with Gasteiger partial charge in [-0.2, -0.15) is 0 Å². The van der Waals surface area contributed by atoms with Crippen molar-refractivity contribution in [1.29, 1.82) is 0 Å². The van der Waals surface area contributed by atoms with E-state index in [0.717, 1.165) is 11.6 Å². The maximum Gasteiger partial charge on any atom is 0.204 e. The SMILES string of the molecule is CCC(Nc1n[nH]c(=S)s1)c1cccs1. The summed E-state index contributed by atoms with van der Waals surface area (Å²) in [4.78, 5) is 1.33. The molecule has 2 rings (SSSR count). The second kappa shape index (κ2) is 4.87. The number of nitrogens with one attached hydrogen (secondary N) is 2. The van der Waals surface area contributed by atoms with Crippen molar-refractivity contribution in [1.82, 2.24) is 10.2 Å². The number of rotatable bonds is 4. The van der Waals surface area contributed by atoms with Crippen molar-refractivity contribution in [2.24, 2.45) is 0 Å². The monoisotopic (exact) mass is 257 g/mol. The van der Waals surface area contributed by atoms with E-state index in [2.05, 4.69) is 40.0 Å². The molecule has 2 N–H and O–H groups in total. The molecule has 0 aliphatic carbocycles. The molecule has 0 aliphatic rings. The molecule has 2 aromatic rings. The van der Waals surface area contributed by atoms with Gasteiger partial charge in [0.25, 0.3) is 0 Å². The van der Waals surface area contributed by atoms with Crippen molar-refractivity contribution in [3.05, 3.63) is 26.3 Å². The smallest absolute Gasteiger partial charge is 0.204 e. The number of H-pyrrole nitrogens is 1. The minimum atomic E-state index is 0.332. The van der Waals surface area contributed by atoms with Crippen molar-refractivity contribution in [2.45, 2.75) is 19.4 Å². The first-order chi connectivity index (χ1) is 7.29. The highest BCUT2D eigenvalue weighted by Crippen LogP contribution is 2.26. The Labute approximate surface area is 101 Å². The first-order valence-electron chi connectivity index (χ1n) is 4.65. The van der Waals surface area contributed by atoms with Crippen molar-refractivity contribution in [3.63, 3.8) is 0 Å². The largest absolute Gasteiger partial charge is 0.353 e. The van der Waals surface area contributed by atoms with Crippen LogP contribution in [0, 0.1) is 3.95 Å². The lowest BCUT2D eigenvalue weighted by Gasteiger charge is -2.13. The van der Waals surface area contributed by atoms with Crippen LogP contribution in [0.1, 0.15) is 24.3 Å². The summed E-state index contributed by atoms with van der Waals surface area (Å²) in [5, 5.41) is 13.2. The molecule has 1 unspecified atom stereocenters. The molecule has 3 nitrogen and oxygen atoms in total. The minimum absolute atomic E-state index is 0.332. The van der Waals surface area contributed by atoms with Gasteiger partial charge in [-0.1, -0.05) is 24.3 Å². The van der Waals surface area contributed by atoms with Crippen LogP contribution in [0.2, 0.25) is 0 Å². The first kappa shape index (κ1) is 10.8. The lowest BCUT2D eigenvalue weighted by molar-refractivity contribution is 0.760. The van der Waals surface area contributed by atoms with E-state index in [-0.39, 0.29) is 0 Å². The summed E-state index contributed by atoms with van der Waals surface area (Å²) in [6.07, 6.45) is 1.03. The molecule has 0 saturated carbocycles. The summed E-state index contributed by atoms with van der Waals surface area (Å²) >= 11 is 8.22. The Morgan fingerprint density at radius 1 is 1.67 bits per heavy atom.